The van der Waals surface area contributed by atoms with E-state index >= 15 is 0 Å². The van der Waals surface area contributed by atoms with Crippen molar-refractivity contribution in [3.63, 3.8) is 0 Å². The molecular weight excluding hydrogens is 534 g/mol. The number of hydrogen-bond acceptors (Lipinski definition) is 9. The summed E-state index contributed by atoms with van der Waals surface area (Å²) in [6, 6.07) is 15.0. The molecule has 0 unspecified atom stereocenters. The van der Waals surface area contributed by atoms with Crippen molar-refractivity contribution < 1.29 is 28.5 Å². The number of aromatic hydroxyl groups is 3. The zero-order chi connectivity index (χ0) is 27.4. The van der Waals surface area contributed by atoms with Crippen LogP contribution in [0.4, 0.5) is 0 Å². The third-order valence-electron chi connectivity index (χ3n) is 5.72. The van der Waals surface area contributed by atoms with Gasteiger partial charge in [0.25, 0.3) is 0 Å². The fraction of sp³-hybridized carbons (Fsp3) is 0.200. The summed E-state index contributed by atoms with van der Waals surface area (Å²) in [5, 5.41) is 42.3. The van der Waals surface area contributed by atoms with Crippen molar-refractivity contribution >= 4 is 21.6 Å². The Morgan fingerprint density at radius 2 is 1.74 bits per heavy atom. The number of aromatic nitrogens is 3. The minimum absolute atomic E-state index is 0.0513. The Morgan fingerprint density at radius 1 is 1.03 bits per heavy atom. The number of benzene rings is 3. The average molecular weight is 560 g/mol. The van der Waals surface area contributed by atoms with Crippen molar-refractivity contribution in [2.75, 3.05) is 27.2 Å². The second-order valence-electron chi connectivity index (χ2n) is 8.27. The van der Waals surface area contributed by atoms with E-state index in [2.05, 4.69) is 15.5 Å². The molecule has 0 aliphatic rings. The number of para-hydroxylation sites is 2. The quantitative estimate of drug-likeness (QED) is 0.215. The van der Waals surface area contributed by atoms with Crippen LogP contribution >= 0.6 is 11.6 Å². The topological polar surface area (TPSA) is 150 Å². The maximum Gasteiger partial charge on any atom is 0.319 e. The largest absolute Gasteiger partial charge is 0.507 e. The van der Waals surface area contributed by atoms with Gasteiger partial charge < -0.3 is 25.4 Å². The first-order chi connectivity index (χ1) is 18.1. The average Bonchev–Trinajstić information content (AvgIpc) is 3.26. The second kappa shape index (κ2) is 11.3. The summed E-state index contributed by atoms with van der Waals surface area (Å²) >= 11 is 6.28. The molecule has 0 spiro atoms. The van der Waals surface area contributed by atoms with Crippen LogP contribution in [0.1, 0.15) is 5.56 Å². The molecule has 0 amide bonds. The molecule has 3 aromatic carbocycles. The summed E-state index contributed by atoms with van der Waals surface area (Å²) in [7, 11) is -1.11. The van der Waals surface area contributed by atoms with Crippen LogP contribution < -0.4 is 10.1 Å². The Labute approximate surface area is 224 Å². The van der Waals surface area contributed by atoms with Gasteiger partial charge >= 0.3 is 6.01 Å². The van der Waals surface area contributed by atoms with Crippen molar-refractivity contribution in [1.82, 2.24) is 24.4 Å². The molecule has 1 heterocycles. The van der Waals surface area contributed by atoms with E-state index in [9.17, 15) is 23.7 Å². The van der Waals surface area contributed by atoms with Crippen LogP contribution in [0.25, 0.3) is 17.1 Å². The fourth-order valence-corrected chi connectivity index (χ4v) is 5.23. The van der Waals surface area contributed by atoms with Gasteiger partial charge in [-0.25, -0.2) is 13.0 Å². The van der Waals surface area contributed by atoms with Crippen molar-refractivity contribution in [2.24, 2.45) is 0 Å². The maximum absolute atomic E-state index is 13.6. The number of likely N-dealkylation sites (N-methyl/N-ethyl adjacent to an activating group) is 1. The van der Waals surface area contributed by atoms with Gasteiger partial charge in [-0.1, -0.05) is 47.0 Å². The highest BCUT2D eigenvalue weighted by Gasteiger charge is 2.29. The Kier molecular flexibility index (Phi) is 8.07. The van der Waals surface area contributed by atoms with Gasteiger partial charge in [-0.05, 0) is 31.3 Å². The first kappa shape index (κ1) is 27.2. The molecule has 0 fully saturated rings. The van der Waals surface area contributed by atoms with Crippen molar-refractivity contribution in [3.05, 3.63) is 71.2 Å². The Bertz CT molecular complexity index is 1560. The van der Waals surface area contributed by atoms with E-state index < -0.39 is 32.4 Å². The van der Waals surface area contributed by atoms with E-state index in [1.807, 2.05) is 0 Å². The lowest BCUT2D eigenvalue weighted by molar-refractivity contribution is 0.312. The SMILES string of the molecule is CNCCOc1ccccc1CN(C)S(=O)(=O)c1cc(-c2nnc(O)n2-c2ccccc2Cl)c(O)cc1O. The van der Waals surface area contributed by atoms with Crippen LogP contribution in [0.5, 0.6) is 23.3 Å². The number of nitrogens with zero attached hydrogens (tertiary/aromatic N) is 4. The van der Waals surface area contributed by atoms with Crippen molar-refractivity contribution in [3.8, 4) is 40.3 Å². The van der Waals surface area contributed by atoms with Gasteiger partial charge in [0.15, 0.2) is 5.82 Å². The normalized spacial score (nSPS) is 11.7. The predicted molar refractivity (Wildman–Crippen MR) is 141 cm³/mol. The molecule has 0 aliphatic carbocycles. The zero-order valence-corrected chi connectivity index (χ0v) is 22.1. The smallest absolute Gasteiger partial charge is 0.319 e. The molecule has 38 heavy (non-hydrogen) atoms. The van der Waals surface area contributed by atoms with Crippen molar-refractivity contribution in [1.29, 1.82) is 0 Å². The molecule has 13 heteroatoms. The van der Waals surface area contributed by atoms with E-state index in [-0.39, 0.29) is 23.0 Å². The van der Waals surface area contributed by atoms with Crippen LogP contribution in [0.15, 0.2) is 65.6 Å². The van der Waals surface area contributed by atoms with E-state index in [4.69, 9.17) is 16.3 Å². The number of nitrogens with one attached hydrogen (secondary N) is 1. The van der Waals surface area contributed by atoms with Crippen LogP contribution in [-0.4, -0.2) is 70.1 Å². The molecule has 0 saturated carbocycles. The lowest BCUT2D eigenvalue weighted by Gasteiger charge is -2.20. The van der Waals surface area contributed by atoms with Crippen LogP contribution in [0, 0.1) is 0 Å². The minimum Gasteiger partial charge on any atom is -0.507 e. The third-order valence-corrected chi connectivity index (χ3v) is 7.87. The Balaban J connectivity index is 1.73. The minimum atomic E-state index is -4.28. The molecule has 0 radical (unpaired) electrons. The molecule has 11 nitrogen and oxygen atoms in total. The second-order valence-corrected chi connectivity index (χ2v) is 10.7. The summed E-state index contributed by atoms with van der Waals surface area (Å²) in [5.74, 6) is -0.697. The summed E-state index contributed by atoms with van der Waals surface area (Å²) in [5.41, 5.74) is 0.824. The first-order valence-electron chi connectivity index (χ1n) is 11.4. The van der Waals surface area contributed by atoms with E-state index in [0.717, 1.165) is 21.0 Å². The van der Waals surface area contributed by atoms with Gasteiger partial charge in [0.2, 0.25) is 10.0 Å². The molecule has 1 aromatic heterocycles. The van der Waals surface area contributed by atoms with Gasteiger partial charge in [0.05, 0.1) is 16.3 Å². The van der Waals surface area contributed by atoms with Crippen LogP contribution in [-0.2, 0) is 16.6 Å². The summed E-state index contributed by atoms with van der Waals surface area (Å²) < 4.78 is 35.1. The number of rotatable bonds is 10. The van der Waals surface area contributed by atoms with Gasteiger partial charge in [0.1, 0.15) is 28.8 Å². The molecule has 4 N–H and O–H groups in total. The lowest BCUT2D eigenvalue weighted by Crippen LogP contribution is -2.27. The van der Waals surface area contributed by atoms with E-state index in [1.54, 1.807) is 55.6 Å². The fourth-order valence-electron chi connectivity index (χ4n) is 3.78. The van der Waals surface area contributed by atoms with Gasteiger partial charge in [-0.2, -0.15) is 4.31 Å². The molecule has 0 bridgehead atoms. The first-order valence-corrected chi connectivity index (χ1v) is 13.2. The van der Waals surface area contributed by atoms with Gasteiger partial charge in [0, 0.05) is 31.8 Å². The Hall–Kier alpha value is -3.84. The summed E-state index contributed by atoms with van der Waals surface area (Å²) in [4.78, 5) is -0.477. The monoisotopic (exact) mass is 559 g/mol. The molecule has 4 rings (SSSR count). The number of ether oxygens (including phenoxy) is 1. The standard InChI is InChI=1S/C25H26ClN5O6S/c1-27-11-12-37-22-10-6-3-7-16(22)15-30(2)38(35,36)23-13-17(20(32)14-21(23)33)24-28-29-25(34)31(24)19-9-5-4-8-18(19)26/h3-10,13-14,27,32-33H,11-12,15H2,1-2H3,(H,29,34). The highest BCUT2D eigenvalue weighted by Crippen LogP contribution is 2.40. The molecule has 0 atom stereocenters. The van der Waals surface area contributed by atoms with E-state index in [0.29, 0.717) is 30.2 Å². The lowest BCUT2D eigenvalue weighted by atomic mass is 10.1. The summed E-state index contributed by atoms with van der Waals surface area (Å²) in [6.45, 7) is 0.955. The van der Waals surface area contributed by atoms with Gasteiger partial charge in [-0.15, -0.1) is 5.10 Å². The van der Waals surface area contributed by atoms with Crippen LogP contribution in [0.2, 0.25) is 5.02 Å². The number of sulfonamides is 1. The van der Waals surface area contributed by atoms with E-state index in [1.165, 1.54) is 7.05 Å². The molecule has 0 aliphatic heterocycles. The highest BCUT2D eigenvalue weighted by atomic mass is 35.5. The Morgan fingerprint density at radius 3 is 2.47 bits per heavy atom. The number of phenolic OH excluding ortho intramolecular Hbond substituents is 2. The molecule has 200 valence electrons. The third kappa shape index (κ3) is 5.38. The van der Waals surface area contributed by atoms with Crippen molar-refractivity contribution in [2.45, 2.75) is 11.4 Å². The van der Waals surface area contributed by atoms with Gasteiger partial charge in [-0.3, -0.25) is 0 Å². The molecule has 4 aromatic rings. The number of phenols is 2. The number of halogens is 1. The highest BCUT2D eigenvalue weighted by molar-refractivity contribution is 7.89. The van der Waals surface area contributed by atoms with Crippen LogP contribution in [0.3, 0.4) is 0 Å². The molecular formula is C25H26ClN5O6S. The maximum atomic E-state index is 13.6. The summed E-state index contributed by atoms with van der Waals surface area (Å²) in [6.07, 6.45) is 0. The molecule has 0 saturated heterocycles. The zero-order valence-electron chi connectivity index (χ0n) is 20.5. The predicted octanol–water partition coefficient (Wildman–Crippen LogP) is 3.12. The number of hydrogen-bond donors (Lipinski definition) is 4.